The number of Topliss-reactive ketones (excluding diaryl/α,β-unsaturated/α-hetero) is 1. The van der Waals surface area contributed by atoms with Gasteiger partial charge in [-0.3, -0.25) is 9.59 Å². The van der Waals surface area contributed by atoms with Crippen LogP contribution in [-0.4, -0.2) is 31.1 Å². The Morgan fingerprint density at radius 3 is 2.03 bits per heavy atom. The highest BCUT2D eigenvalue weighted by Crippen LogP contribution is 2.15. The van der Waals surface area contributed by atoms with Crippen molar-refractivity contribution in [1.29, 1.82) is 0 Å². The van der Waals surface area contributed by atoms with Gasteiger partial charge < -0.3 is 9.47 Å². The Morgan fingerprint density at radius 2 is 1.40 bits per heavy atom. The fourth-order valence-electron chi connectivity index (χ4n) is 3.42. The molecule has 0 amide bonds. The lowest BCUT2D eigenvalue weighted by Gasteiger charge is -2.17. The number of unbranched alkanes of at least 4 members (excludes halogenated alkanes) is 9. The highest BCUT2D eigenvalue weighted by Gasteiger charge is 2.17. The number of hydrogen-bond donors (Lipinski definition) is 0. The number of benzene rings is 1. The summed E-state index contributed by atoms with van der Waals surface area (Å²) >= 11 is 0. The molecular formula is C26H42O4. The number of carbonyl (C=O) groups excluding carboxylic acids is 2. The predicted molar refractivity (Wildman–Crippen MR) is 123 cm³/mol. The smallest absolute Gasteiger partial charge is 0.308 e. The first-order chi connectivity index (χ1) is 14.7. The molecule has 0 unspecified atom stereocenters. The largest absolute Gasteiger partial charge is 0.457 e. The summed E-state index contributed by atoms with van der Waals surface area (Å²) in [7, 11) is 0. The maximum Gasteiger partial charge on any atom is 0.308 e. The lowest BCUT2D eigenvalue weighted by Crippen LogP contribution is -2.22. The second-order valence-electron chi connectivity index (χ2n) is 8.12. The van der Waals surface area contributed by atoms with E-state index >= 15 is 0 Å². The summed E-state index contributed by atoms with van der Waals surface area (Å²) in [6, 6.07) is 8.93. The van der Waals surface area contributed by atoms with Crippen LogP contribution in [0.5, 0.6) is 0 Å². The van der Waals surface area contributed by atoms with Gasteiger partial charge in [0.25, 0.3) is 0 Å². The molecule has 0 fully saturated rings. The second kappa shape index (κ2) is 18.1. The van der Waals surface area contributed by atoms with E-state index in [1.54, 1.807) is 24.3 Å². The van der Waals surface area contributed by atoms with Crippen molar-refractivity contribution >= 4 is 11.8 Å². The monoisotopic (exact) mass is 418 g/mol. The third-order valence-corrected chi connectivity index (χ3v) is 5.34. The van der Waals surface area contributed by atoms with E-state index in [4.69, 9.17) is 9.47 Å². The van der Waals surface area contributed by atoms with Crippen LogP contribution >= 0.6 is 0 Å². The maximum atomic E-state index is 12.2. The summed E-state index contributed by atoms with van der Waals surface area (Å²) in [6.07, 6.45) is 14.6. The van der Waals surface area contributed by atoms with Gasteiger partial charge in [0.1, 0.15) is 0 Å². The number of hydrogen-bond acceptors (Lipinski definition) is 4. The van der Waals surface area contributed by atoms with E-state index in [0.717, 1.165) is 25.7 Å². The minimum atomic E-state index is -0.350. The molecule has 1 aromatic carbocycles. The van der Waals surface area contributed by atoms with Crippen molar-refractivity contribution in [3.8, 4) is 0 Å². The van der Waals surface area contributed by atoms with Gasteiger partial charge in [-0.2, -0.15) is 0 Å². The second-order valence-corrected chi connectivity index (χ2v) is 8.12. The first-order valence-corrected chi connectivity index (χ1v) is 12.0. The molecule has 0 heterocycles. The van der Waals surface area contributed by atoms with E-state index in [1.807, 2.05) is 6.07 Å². The number of carbonyl (C=O) groups is 2. The number of ether oxygens (including phenoxy) is 2. The Kier molecular flexibility index (Phi) is 15.9. The minimum Gasteiger partial charge on any atom is -0.457 e. The van der Waals surface area contributed by atoms with Crippen molar-refractivity contribution in [2.24, 2.45) is 0 Å². The van der Waals surface area contributed by atoms with Crippen LogP contribution in [-0.2, 0) is 14.3 Å². The van der Waals surface area contributed by atoms with Crippen LogP contribution in [0.4, 0.5) is 0 Å². The molecule has 0 N–H and O–H groups in total. The molecule has 1 aromatic rings. The fraction of sp³-hybridized carbons (Fsp3) is 0.692. The van der Waals surface area contributed by atoms with Crippen LogP contribution in [0.25, 0.3) is 0 Å². The molecule has 30 heavy (non-hydrogen) atoms. The molecule has 0 saturated heterocycles. The van der Waals surface area contributed by atoms with Gasteiger partial charge in [-0.1, -0.05) is 108 Å². The van der Waals surface area contributed by atoms with Gasteiger partial charge in [-0.15, -0.1) is 0 Å². The van der Waals surface area contributed by atoms with Crippen molar-refractivity contribution in [2.45, 2.75) is 103 Å². The van der Waals surface area contributed by atoms with E-state index in [9.17, 15) is 9.59 Å². The van der Waals surface area contributed by atoms with Gasteiger partial charge >= 0.3 is 5.97 Å². The van der Waals surface area contributed by atoms with Crippen molar-refractivity contribution in [3.05, 3.63) is 35.9 Å². The highest BCUT2D eigenvalue weighted by molar-refractivity contribution is 5.97. The number of esters is 1. The fourth-order valence-corrected chi connectivity index (χ4v) is 3.42. The molecule has 0 aliphatic carbocycles. The molecule has 0 bridgehead atoms. The average Bonchev–Trinajstić information content (AvgIpc) is 2.77. The van der Waals surface area contributed by atoms with Gasteiger partial charge in [0.15, 0.2) is 12.4 Å². The summed E-state index contributed by atoms with van der Waals surface area (Å²) < 4.78 is 11.1. The molecule has 0 aromatic heterocycles. The van der Waals surface area contributed by atoms with E-state index in [-0.39, 0.29) is 30.9 Å². The van der Waals surface area contributed by atoms with E-state index in [2.05, 4.69) is 13.8 Å². The molecule has 4 nitrogen and oxygen atoms in total. The Balaban J connectivity index is 2.25. The Bertz CT molecular complexity index is 555. The SMILES string of the molecule is CCCCCCCCCCC[C@H](CC(=O)OCC(=O)c1ccccc1)OCCCC. The van der Waals surface area contributed by atoms with Crippen molar-refractivity contribution in [1.82, 2.24) is 0 Å². The van der Waals surface area contributed by atoms with Crippen molar-refractivity contribution in [3.63, 3.8) is 0 Å². The molecule has 0 aliphatic heterocycles. The summed E-state index contributed by atoms with van der Waals surface area (Å²) in [5, 5.41) is 0. The zero-order valence-corrected chi connectivity index (χ0v) is 19.2. The molecule has 170 valence electrons. The van der Waals surface area contributed by atoms with E-state index < -0.39 is 0 Å². The third-order valence-electron chi connectivity index (χ3n) is 5.34. The van der Waals surface area contributed by atoms with Crippen molar-refractivity contribution in [2.75, 3.05) is 13.2 Å². The Labute approximate surface area is 183 Å². The quantitative estimate of drug-likeness (QED) is 0.139. The highest BCUT2D eigenvalue weighted by atomic mass is 16.5. The number of rotatable bonds is 19. The standard InChI is InChI=1S/C26H42O4/c1-3-5-7-8-9-10-11-12-16-19-24(29-20-6-4-2)21-26(28)30-22-25(27)23-17-14-13-15-18-23/h13-15,17-18,24H,3-12,16,19-22H2,1-2H3/t24-/m1/s1. The molecule has 0 spiro atoms. The molecule has 1 atom stereocenters. The maximum absolute atomic E-state index is 12.2. The summed E-state index contributed by atoms with van der Waals surface area (Å²) in [5.74, 6) is -0.525. The minimum absolute atomic E-state index is 0.111. The lowest BCUT2D eigenvalue weighted by atomic mass is 10.0. The first kappa shape index (κ1) is 26.4. The van der Waals surface area contributed by atoms with Crippen LogP contribution in [0.2, 0.25) is 0 Å². The van der Waals surface area contributed by atoms with Gasteiger partial charge in [0.2, 0.25) is 0 Å². The number of ketones is 1. The van der Waals surface area contributed by atoms with Crippen LogP contribution in [0, 0.1) is 0 Å². The molecule has 0 radical (unpaired) electrons. The topological polar surface area (TPSA) is 52.6 Å². The van der Waals surface area contributed by atoms with Gasteiger partial charge in [-0.25, -0.2) is 0 Å². The summed E-state index contributed by atoms with van der Waals surface area (Å²) in [6.45, 7) is 4.84. The molecule has 0 aliphatic rings. The zero-order valence-electron chi connectivity index (χ0n) is 19.2. The summed E-state index contributed by atoms with van der Waals surface area (Å²) in [4.78, 5) is 24.3. The Hall–Kier alpha value is -1.68. The van der Waals surface area contributed by atoms with E-state index in [0.29, 0.717) is 12.2 Å². The van der Waals surface area contributed by atoms with Crippen molar-refractivity contribution < 1.29 is 19.1 Å². The first-order valence-electron chi connectivity index (χ1n) is 12.0. The molecule has 0 saturated carbocycles. The van der Waals surface area contributed by atoms with Gasteiger partial charge in [0.05, 0.1) is 12.5 Å². The predicted octanol–water partition coefficient (Wildman–Crippen LogP) is 6.91. The molecular weight excluding hydrogens is 376 g/mol. The molecule has 1 rings (SSSR count). The van der Waals surface area contributed by atoms with Crippen LogP contribution < -0.4 is 0 Å². The zero-order chi connectivity index (χ0) is 21.9. The van der Waals surface area contributed by atoms with Crippen LogP contribution in [0.15, 0.2) is 30.3 Å². The average molecular weight is 419 g/mol. The normalized spacial score (nSPS) is 11.9. The van der Waals surface area contributed by atoms with Crippen LogP contribution in [0.3, 0.4) is 0 Å². The van der Waals surface area contributed by atoms with Gasteiger partial charge in [-0.05, 0) is 12.8 Å². The lowest BCUT2D eigenvalue weighted by molar-refractivity contribution is -0.145. The van der Waals surface area contributed by atoms with E-state index in [1.165, 1.54) is 51.4 Å². The Morgan fingerprint density at radius 1 is 0.800 bits per heavy atom. The van der Waals surface area contributed by atoms with Gasteiger partial charge in [0, 0.05) is 12.2 Å². The third kappa shape index (κ3) is 13.5. The molecule has 4 heteroatoms. The summed E-state index contributed by atoms with van der Waals surface area (Å²) in [5.41, 5.74) is 0.565. The van der Waals surface area contributed by atoms with Crippen LogP contribution in [0.1, 0.15) is 108 Å².